The first kappa shape index (κ1) is 21.7. The molecule has 1 amide bonds. The molecule has 1 atom stereocenters. The number of hydrogen-bond acceptors (Lipinski definition) is 4. The number of nitrogens with zero attached hydrogens (tertiary/aromatic N) is 1. The van der Waals surface area contributed by atoms with Gasteiger partial charge in [-0.2, -0.15) is 0 Å². The summed E-state index contributed by atoms with van der Waals surface area (Å²) in [5, 5.41) is 4.63. The predicted molar refractivity (Wildman–Crippen MR) is 125 cm³/mol. The molecule has 0 bridgehead atoms. The van der Waals surface area contributed by atoms with Crippen LogP contribution >= 0.6 is 11.6 Å². The number of hydrogen-bond donors (Lipinski definition) is 2. The molecule has 0 fully saturated rings. The summed E-state index contributed by atoms with van der Waals surface area (Å²) in [6.07, 6.45) is 5.61. The fraction of sp³-hybridized carbons (Fsp3) is 0.200. The lowest BCUT2D eigenvalue weighted by molar-refractivity contribution is -0.121. The van der Waals surface area contributed by atoms with Gasteiger partial charge in [0.2, 0.25) is 5.91 Å². The summed E-state index contributed by atoms with van der Waals surface area (Å²) in [6.45, 7) is 0.440. The minimum atomic E-state index is -0.233. The van der Waals surface area contributed by atoms with Gasteiger partial charge in [-0.05, 0) is 59.2 Å². The summed E-state index contributed by atoms with van der Waals surface area (Å²) in [5.74, 6) is 1.03. The first-order valence-corrected chi connectivity index (χ1v) is 10.6. The minimum Gasteiger partial charge on any atom is -0.497 e. The molecule has 7 heteroatoms. The number of fused-ring (bicyclic) bond motifs is 1. The summed E-state index contributed by atoms with van der Waals surface area (Å²) in [5.41, 5.74) is 3.85. The van der Waals surface area contributed by atoms with Crippen LogP contribution < -0.4 is 14.8 Å². The third-order valence-corrected chi connectivity index (χ3v) is 5.69. The lowest BCUT2D eigenvalue weighted by Gasteiger charge is -2.19. The van der Waals surface area contributed by atoms with E-state index in [-0.39, 0.29) is 18.2 Å². The van der Waals surface area contributed by atoms with Crippen LogP contribution in [0.15, 0.2) is 67.1 Å². The lowest BCUT2D eigenvalue weighted by atomic mass is 9.87. The third-order valence-electron chi connectivity index (χ3n) is 5.46. The Kier molecular flexibility index (Phi) is 6.61. The Balaban J connectivity index is 1.69. The van der Waals surface area contributed by atoms with Gasteiger partial charge in [0.25, 0.3) is 0 Å². The van der Waals surface area contributed by atoms with Gasteiger partial charge in [0.15, 0.2) is 0 Å². The molecule has 0 spiro atoms. The Morgan fingerprint density at radius 2 is 1.78 bits per heavy atom. The molecule has 0 saturated carbocycles. The number of aromatic nitrogens is 2. The highest BCUT2D eigenvalue weighted by Crippen LogP contribution is 2.37. The summed E-state index contributed by atoms with van der Waals surface area (Å²) in [4.78, 5) is 20.3. The van der Waals surface area contributed by atoms with Crippen LogP contribution in [0.5, 0.6) is 11.5 Å². The van der Waals surface area contributed by atoms with E-state index < -0.39 is 0 Å². The topological polar surface area (TPSA) is 76.2 Å². The number of carbonyl (C=O) groups is 1. The van der Waals surface area contributed by atoms with Gasteiger partial charge in [0.05, 0.1) is 14.2 Å². The van der Waals surface area contributed by atoms with Crippen molar-refractivity contribution < 1.29 is 14.3 Å². The van der Waals surface area contributed by atoms with Gasteiger partial charge < -0.3 is 19.8 Å². The van der Waals surface area contributed by atoms with Crippen LogP contribution in [0.1, 0.15) is 29.0 Å². The summed E-state index contributed by atoms with van der Waals surface area (Å²) in [6, 6.07) is 15.2. The third kappa shape index (κ3) is 4.86. The van der Waals surface area contributed by atoms with E-state index in [0.717, 1.165) is 27.6 Å². The molecule has 4 rings (SSSR count). The minimum absolute atomic E-state index is 0.0648. The van der Waals surface area contributed by atoms with Crippen molar-refractivity contribution in [3.8, 4) is 11.5 Å². The van der Waals surface area contributed by atoms with E-state index in [2.05, 4.69) is 15.3 Å². The van der Waals surface area contributed by atoms with Gasteiger partial charge in [-0.15, -0.1) is 0 Å². The lowest BCUT2D eigenvalue weighted by Crippen LogP contribution is -2.25. The first-order valence-electron chi connectivity index (χ1n) is 10.2. The number of amides is 1. The van der Waals surface area contributed by atoms with Crippen LogP contribution in [0.25, 0.3) is 10.9 Å². The number of carbonyl (C=O) groups excluding carboxylic acids is 1. The van der Waals surface area contributed by atoms with Crippen LogP contribution in [0.3, 0.4) is 0 Å². The molecular weight excluding hydrogens is 426 g/mol. The monoisotopic (exact) mass is 449 g/mol. The van der Waals surface area contributed by atoms with Crippen molar-refractivity contribution in [1.82, 2.24) is 15.3 Å². The van der Waals surface area contributed by atoms with Crippen molar-refractivity contribution in [1.29, 1.82) is 0 Å². The number of rotatable bonds is 8. The second-order valence-electron chi connectivity index (χ2n) is 7.47. The van der Waals surface area contributed by atoms with E-state index in [1.807, 2.05) is 54.7 Å². The fourth-order valence-corrected chi connectivity index (χ4v) is 3.97. The molecule has 4 aromatic rings. The maximum Gasteiger partial charge on any atom is 0.221 e. The average molecular weight is 450 g/mol. The molecule has 2 aromatic heterocycles. The fourth-order valence-electron chi connectivity index (χ4n) is 3.80. The highest BCUT2D eigenvalue weighted by Gasteiger charge is 2.23. The molecule has 32 heavy (non-hydrogen) atoms. The normalized spacial score (nSPS) is 11.8. The van der Waals surface area contributed by atoms with E-state index in [1.54, 1.807) is 26.6 Å². The molecule has 0 unspecified atom stereocenters. The maximum atomic E-state index is 13.0. The standard InChI is InChI=1S/C25H24ClN3O3/c1-31-19-9-17(10-20(12-19)32-2)21(13-25(30)29-14-16-5-7-27-8-6-16)23-15-28-24-4-3-18(26)11-22(23)24/h3-12,15,21,28H,13-14H2,1-2H3,(H,29,30)/t21-/m0/s1. The van der Waals surface area contributed by atoms with Gasteiger partial charge >= 0.3 is 0 Å². The van der Waals surface area contributed by atoms with Gasteiger partial charge in [-0.1, -0.05) is 11.6 Å². The molecule has 0 saturated heterocycles. The largest absolute Gasteiger partial charge is 0.497 e. The first-order chi connectivity index (χ1) is 15.6. The zero-order chi connectivity index (χ0) is 22.5. The Labute approximate surface area is 191 Å². The number of aromatic amines is 1. The quantitative estimate of drug-likeness (QED) is 0.393. The Bertz CT molecular complexity index is 1200. The van der Waals surface area contributed by atoms with Crippen molar-refractivity contribution in [2.24, 2.45) is 0 Å². The highest BCUT2D eigenvalue weighted by atomic mass is 35.5. The van der Waals surface area contributed by atoms with Crippen molar-refractivity contribution in [2.45, 2.75) is 18.9 Å². The SMILES string of the molecule is COc1cc(OC)cc([C@H](CC(=O)NCc2ccncc2)c2c[nH]c3ccc(Cl)cc23)c1. The van der Waals surface area contributed by atoms with Gasteiger partial charge in [-0.3, -0.25) is 9.78 Å². The van der Waals surface area contributed by atoms with Crippen LogP contribution in [0, 0.1) is 0 Å². The smallest absolute Gasteiger partial charge is 0.221 e. The number of benzene rings is 2. The Hall–Kier alpha value is -3.51. The van der Waals surface area contributed by atoms with Crippen LogP contribution in [-0.2, 0) is 11.3 Å². The highest BCUT2D eigenvalue weighted by molar-refractivity contribution is 6.31. The van der Waals surface area contributed by atoms with E-state index in [1.165, 1.54) is 0 Å². The second kappa shape index (κ2) is 9.75. The molecular formula is C25H24ClN3O3. The van der Waals surface area contributed by atoms with Crippen LogP contribution in [0.2, 0.25) is 5.02 Å². The molecule has 2 N–H and O–H groups in total. The number of halogens is 1. The molecule has 6 nitrogen and oxygen atoms in total. The number of nitrogens with one attached hydrogen (secondary N) is 2. The summed E-state index contributed by atoms with van der Waals surface area (Å²) in [7, 11) is 3.22. The zero-order valence-electron chi connectivity index (χ0n) is 17.9. The molecule has 0 radical (unpaired) electrons. The summed E-state index contributed by atoms with van der Waals surface area (Å²) >= 11 is 6.28. The van der Waals surface area contributed by atoms with E-state index in [4.69, 9.17) is 21.1 Å². The average Bonchev–Trinajstić information content (AvgIpc) is 3.24. The van der Waals surface area contributed by atoms with Crippen molar-refractivity contribution in [2.75, 3.05) is 14.2 Å². The molecule has 0 aliphatic rings. The zero-order valence-corrected chi connectivity index (χ0v) is 18.6. The van der Waals surface area contributed by atoms with E-state index in [9.17, 15) is 4.79 Å². The number of methoxy groups -OCH3 is 2. The number of H-pyrrole nitrogens is 1. The Morgan fingerprint density at radius 3 is 2.47 bits per heavy atom. The predicted octanol–water partition coefficient (Wildman–Crippen LogP) is 5.07. The van der Waals surface area contributed by atoms with Crippen LogP contribution in [-0.4, -0.2) is 30.1 Å². The molecule has 0 aliphatic heterocycles. The van der Waals surface area contributed by atoms with E-state index in [0.29, 0.717) is 23.1 Å². The van der Waals surface area contributed by atoms with E-state index >= 15 is 0 Å². The maximum absolute atomic E-state index is 13.0. The second-order valence-corrected chi connectivity index (χ2v) is 7.91. The van der Waals surface area contributed by atoms with Crippen LogP contribution in [0.4, 0.5) is 0 Å². The van der Waals surface area contributed by atoms with Crippen molar-refractivity contribution in [3.63, 3.8) is 0 Å². The molecule has 2 aromatic carbocycles. The summed E-state index contributed by atoms with van der Waals surface area (Å²) < 4.78 is 10.9. The van der Waals surface area contributed by atoms with Gasteiger partial charge in [0.1, 0.15) is 11.5 Å². The van der Waals surface area contributed by atoms with Gasteiger partial charge in [0, 0.05) is 59.5 Å². The van der Waals surface area contributed by atoms with Gasteiger partial charge in [-0.25, -0.2) is 0 Å². The number of pyridine rings is 1. The van der Waals surface area contributed by atoms with Crippen molar-refractivity contribution >= 4 is 28.4 Å². The number of ether oxygens (including phenoxy) is 2. The van der Waals surface area contributed by atoms with Crippen molar-refractivity contribution in [3.05, 3.63) is 88.8 Å². The molecule has 0 aliphatic carbocycles. The molecule has 164 valence electrons. The molecule has 2 heterocycles. The Morgan fingerprint density at radius 1 is 1.06 bits per heavy atom.